The molecule has 0 bridgehead atoms. The smallest absolute Gasteiger partial charge is 0.426 e. The van der Waals surface area contributed by atoms with Gasteiger partial charge in [-0.2, -0.15) is 12.7 Å². The zero-order chi connectivity index (χ0) is 30.9. The van der Waals surface area contributed by atoms with Crippen LogP contribution in [0.4, 0.5) is 4.79 Å². The van der Waals surface area contributed by atoms with E-state index in [1.807, 2.05) is 91.0 Å². The number of hydrogen-bond donors (Lipinski definition) is 1. The number of carbonyl (C=O) groups excluding carboxylic acids is 1. The maximum Gasteiger partial charge on any atom is 0.426 e. The first-order valence-electron chi connectivity index (χ1n) is 14.4. The number of rotatable bonds is 12. The van der Waals surface area contributed by atoms with Crippen molar-refractivity contribution in [2.24, 2.45) is 5.92 Å². The van der Waals surface area contributed by atoms with Crippen molar-refractivity contribution >= 4 is 16.4 Å². The van der Waals surface area contributed by atoms with E-state index in [0.717, 1.165) is 16.7 Å². The highest BCUT2D eigenvalue weighted by Crippen LogP contribution is 2.35. The second-order valence-electron chi connectivity index (χ2n) is 11.7. The van der Waals surface area contributed by atoms with Crippen LogP contribution in [-0.2, 0) is 49.1 Å². The van der Waals surface area contributed by atoms with Crippen LogP contribution in [0.5, 0.6) is 0 Å². The van der Waals surface area contributed by atoms with Gasteiger partial charge in [-0.3, -0.25) is 4.55 Å². The molecule has 10 heteroatoms. The lowest BCUT2D eigenvalue weighted by Gasteiger charge is -2.43. The Balaban J connectivity index is 1.63. The molecule has 2 unspecified atom stereocenters. The van der Waals surface area contributed by atoms with Crippen LogP contribution in [0.1, 0.15) is 50.3 Å². The van der Waals surface area contributed by atoms with Crippen LogP contribution in [0, 0.1) is 5.92 Å². The van der Waals surface area contributed by atoms with Crippen molar-refractivity contribution in [1.29, 1.82) is 0 Å². The lowest BCUT2D eigenvalue weighted by Crippen LogP contribution is -2.55. The van der Waals surface area contributed by atoms with Crippen LogP contribution in [0.3, 0.4) is 0 Å². The average molecular weight is 612 g/mol. The van der Waals surface area contributed by atoms with Crippen LogP contribution < -0.4 is 0 Å². The van der Waals surface area contributed by atoms with Crippen LogP contribution in [-0.4, -0.2) is 53.8 Å². The fraction of sp³-hybridized carbons (Fsp3) is 0.424. The fourth-order valence-corrected chi connectivity index (χ4v) is 6.01. The fourth-order valence-electron chi connectivity index (χ4n) is 5.23. The summed E-state index contributed by atoms with van der Waals surface area (Å²) in [4.78, 5) is 13.2. The largest absolute Gasteiger partial charge is 0.443 e. The number of ether oxygens (including phenoxy) is 4. The first-order chi connectivity index (χ1) is 20.5. The maximum absolute atomic E-state index is 13.2. The zero-order valence-electron chi connectivity index (χ0n) is 24.9. The van der Waals surface area contributed by atoms with Gasteiger partial charge in [-0.05, 0) is 50.3 Å². The van der Waals surface area contributed by atoms with E-state index in [-0.39, 0.29) is 32.0 Å². The van der Waals surface area contributed by atoms with E-state index in [9.17, 15) is 17.8 Å². The number of nitrogens with zero attached hydrogens (tertiary/aromatic N) is 1. The highest BCUT2D eigenvalue weighted by atomic mass is 32.2. The minimum absolute atomic E-state index is 0.0977. The normalized spacial score (nSPS) is 20.8. The molecule has 3 aromatic carbocycles. The molecule has 43 heavy (non-hydrogen) atoms. The van der Waals surface area contributed by atoms with E-state index in [2.05, 4.69) is 0 Å². The molecule has 0 aromatic heterocycles. The summed E-state index contributed by atoms with van der Waals surface area (Å²) in [6.45, 7) is 6.01. The molecular weight excluding hydrogens is 570 g/mol. The van der Waals surface area contributed by atoms with E-state index in [4.69, 9.17) is 18.9 Å². The topological polar surface area (TPSA) is 112 Å². The molecule has 0 radical (unpaired) electrons. The van der Waals surface area contributed by atoms with Crippen molar-refractivity contribution in [2.75, 3.05) is 6.61 Å². The SMILES string of the molecule is CC(C)(C)OC(=O)N([C@H]1CC(COCc2ccccc2)[C@@H](OCc2ccccc2)C(OCc2ccccc2)C1)S(=O)(=O)O. The highest BCUT2D eigenvalue weighted by Gasteiger charge is 2.46. The van der Waals surface area contributed by atoms with Gasteiger partial charge >= 0.3 is 16.4 Å². The lowest BCUT2D eigenvalue weighted by atomic mass is 9.81. The summed E-state index contributed by atoms with van der Waals surface area (Å²) < 4.78 is 60.3. The minimum atomic E-state index is -4.96. The highest BCUT2D eigenvalue weighted by molar-refractivity contribution is 7.84. The van der Waals surface area contributed by atoms with E-state index in [0.29, 0.717) is 17.5 Å². The van der Waals surface area contributed by atoms with Crippen LogP contribution in [0.2, 0.25) is 0 Å². The Morgan fingerprint density at radius 3 is 1.77 bits per heavy atom. The zero-order valence-corrected chi connectivity index (χ0v) is 25.7. The van der Waals surface area contributed by atoms with Gasteiger partial charge in [0.1, 0.15) is 5.60 Å². The second kappa shape index (κ2) is 14.9. The first-order valence-corrected chi connectivity index (χ1v) is 15.8. The molecular formula is C33H41NO8S. The van der Waals surface area contributed by atoms with Crippen molar-refractivity contribution in [3.05, 3.63) is 108 Å². The van der Waals surface area contributed by atoms with E-state index < -0.39 is 40.2 Å². The third kappa shape index (κ3) is 10.1. The number of hydrogen-bond acceptors (Lipinski definition) is 7. The Morgan fingerprint density at radius 2 is 1.28 bits per heavy atom. The molecule has 0 saturated heterocycles. The van der Waals surface area contributed by atoms with Gasteiger partial charge in [0.15, 0.2) is 0 Å². The summed E-state index contributed by atoms with van der Waals surface area (Å²) in [7, 11) is -4.96. The Labute approximate surface area is 254 Å². The maximum atomic E-state index is 13.2. The van der Waals surface area contributed by atoms with Gasteiger partial charge in [0.05, 0.1) is 44.7 Å². The van der Waals surface area contributed by atoms with E-state index >= 15 is 0 Å². The summed E-state index contributed by atoms with van der Waals surface area (Å²) in [5.74, 6) is -0.376. The van der Waals surface area contributed by atoms with Crippen LogP contribution in [0.25, 0.3) is 0 Å². The Morgan fingerprint density at radius 1 is 0.791 bits per heavy atom. The summed E-state index contributed by atoms with van der Waals surface area (Å²) in [6.07, 6.45) is -1.98. The third-order valence-electron chi connectivity index (χ3n) is 7.10. The molecule has 4 atom stereocenters. The van der Waals surface area contributed by atoms with Crippen molar-refractivity contribution in [3.8, 4) is 0 Å². The van der Waals surface area contributed by atoms with Gasteiger partial charge in [0, 0.05) is 5.92 Å². The molecule has 1 amide bonds. The molecule has 0 aliphatic heterocycles. The van der Waals surface area contributed by atoms with E-state index in [1.165, 1.54) is 0 Å². The molecule has 4 rings (SSSR count). The van der Waals surface area contributed by atoms with Crippen LogP contribution >= 0.6 is 0 Å². The van der Waals surface area contributed by atoms with Gasteiger partial charge < -0.3 is 18.9 Å². The molecule has 232 valence electrons. The molecule has 1 N–H and O–H groups in total. The molecule has 1 saturated carbocycles. The molecule has 1 aliphatic rings. The molecule has 0 spiro atoms. The summed E-state index contributed by atoms with van der Waals surface area (Å²) in [5.41, 5.74) is 1.92. The van der Waals surface area contributed by atoms with Crippen molar-refractivity contribution < 1.29 is 36.7 Å². The Hall–Kier alpha value is -3.28. The Kier molecular flexibility index (Phi) is 11.3. The number of benzene rings is 3. The van der Waals surface area contributed by atoms with Crippen LogP contribution in [0.15, 0.2) is 91.0 Å². The standard InChI is InChI=1S/C33H41NO8S/c1-33(2,3)42-32(35)34(43(36,37)38)29-19-28(24-39-21-25-13-7-4-8-14-25)31(41-23-27-17-11-6-12-18-27)30(20-29)40-22-26-15-9-5-10-16-26/h4-18,28-31H,19-24H2,1-3H3,(H,36,37,38)/t28?,29-,30?,31+/m0/s1. The predicted molar refractivity (Wildman–Crippen MR) is 162 cm³/mol. The monoisotopic (exact) mass is 611 g/mol. The molecule has 1 fully saturated rings. The third-order valence-corrected chi connectivity index (χ3v) is 8.04. The van der Waals surface area contributed by atoms with Gasteiger partial charge in [0.25, 0.3) is 0 Å². The molecule has 1 aliphatic carbocycles. The molecule has 0 heterocycles. The van der Waals surface area contributed by atoms with Gasteiger partial charge in [-0.25, -0.2) is 4.79 Å². The first kappa shape index (κ1) is 32.6. The quantitative estimate of drug-likeness (QED) is 0.241. The van der Waals surface area contributed by atoms with E-state index in [1.54, 1.807) is 20.8 Å². The van der Waals surface area contributed by atoms with Gasteiger partial charge in [-0.15, -0.1) is 0 Å². The summed E-state index contributed by atoms with van der Waals surface area (Å²) in [6, 6.07) is 28.1. The molecule has 3 aromatic rings. The second-order valence-corrected chi connectivity index (χ2v) is 13.0. The summed E-state index contributed by atoms with van der Waals surface area (Å²) in [5, 5.41) is 0. The average Bonchev–Trinajstić information content (AvgIpc) is 2.95. The number of amides is 1. The van der Waals surface area contributed by atoms with Gasteiger partial charge in [0.2, 0.25) is 0 Å². The van der Waals surface area contributed by atoms with Crippen molar-refractivity contribution in [2.45, 2.75) is 77.3 Å². The number of carbonyl (C=O) groups is 1. The minimum Gasteiger partial charge on any atom is -0.443 e. The van der Waals surface area contributed by atoms with Crippen molar-refractivity contribution in [1.82, 2.24) is 4.31 Å². The lowest BCUT2D eigenvalue weighted by molar-refractivity contribution is -0.150. The summed E-state index contributed by atoms with van der Waals surface area (Å²) >= 11 is 0. The Bertz CT molecular complexity index is 1380. The van der Waals surface area contributed by atoms with Gasteiger partial charge in [-0.1, -0.05) is 91.0 Å². The van der Waals surface area contributed by atoms with Crippen molar-refractivity contribution in [3.63, 3.8) is 0 Å². The molecule has 9 nitrogen and oxygen atoms in total. The predicted octanol–water partition coefficient (Wildman–Crippen LogP) is 6.19.